The van der Waals surface area contributed by atoms with E-state index < -0.39 is 17.8 Å². The van der Waals surface area contributed by atoms with Crippen molar-refractivity contribution in [2.24, 2.45) is 0 Å². The van der Waals surface area contributed by atoms with Crippen LogP contribution < -0.4 is 5.32 Å². The number of nitrogens with zero attached hydrogens (tertiary/aromatic N) is 1. The first-order valence-corrected chi connectivity index (χ1v) is 8.07. The summed E-state index contributed by atoms with van der Waals surface area (Å²) in [5.41, 5.74) is 1.22. The second kappa shape index (κ2) is 6.09. The number of thiocarbonyl (C=S) groups is 1. The van der Waals surface area contributed by atoms with Crippen LogP contribution in [0.2, 0.25) is 5.02 Å². The topological polar surface area (TPSA) is 41.6 Å². The summed E-state index contributed by atoms with van der Waals surface area (Å²) in [5.74, 6) is -1.01. The zero-order valence-electron chi connectivity index (χ0n) is 12.7. The molecular weight excluding hydrogens is 339 g/mol. The Bertz CT molecular complexity index is 698. The molecule has 0 radical (unpaired) electrons. The van der Waals surface area contributed by atoms with E-state index in [9.17, 15) is 9.18 Å². The highest BCUT2D eigenvalue weighted by Crippen LogP contribution is 2.40. The molecule has 1 aliphatic heterocycles. The first kappa shape index (κ1) is 16.2. The molecule has 23 heavy (non-hydrogen) atoms. The van der Waals surface area contributed by atoms with Crippen LogP contribution in [-0.4, -0.2) is 29.1 Å². The Balaban J connectivity index is 2.15. The van der Waals surface area contributed by atoms with Gasteiger partial charge in [-0.15, -0.1) is 0 Å². The van der Waals surface area contributed by atoms with Crippen LogP contribution in [0.3, 0.4) is 0 Å². The number of hydrogen-bond donors (Lipinski definition) is 1. The lowest BCUT2D eigenvalue weighted by molar-refractivity contribution is -0.136. The van der Waals surface area contributed by atoms with Gasteiger partial charge in [0.2, 0.25) is 0 Å². The van der Waals surface area contributed by atoms with Gasteiger partial charge in [0.15, 0.2) is 5.11 Å². The number of nitrogens with one attached hydrogen (secondary N) is 1. The Morgan fingerprint density at radius 2 is 2.17 bits per heavy atom. The summed E-state index contributed by atoms with van der Waals surface area (Å²) in [4.78, 5) is 14.2. The predicted molar refractivity (Wildman–Crippen MR) is 89.5 cm³/mol. The third-order valence-electron chi connectivity index (χ3n) is 4.13. The van der Waals surface area contributed by atoms with Gasteiger partial charge in [-0.3, -0.25) is 0 Å². The molecular formula is C16H16ClFN2O2S. The number of carbonyl (C=O) groups excluding carboxylic acids is 1. The Morgan fingerprint density at radius 1 is 1.48 bits per heavy atom. The molecule has 1 aromatic rings. The lowest BCUT2D eigenvalue weighted by Crippen LogP contribution is -2.48. The summed E-state index contributed by atoms with van der Waals surface area (Å²) >= 11 is 11.6. The number of methoxy groups -OCH3 is 1. The predicted octanol–water partition coefficient (Wildman–Crippen LogP) is 3.32. The van der Waals surface area contributed by atoms with E-state index in [2.05, 4.69) is 5.32 Å². The smallest absolute Gasteiger partial charge is 0.337 e. The van der Waals surface area contributed by atoms with E-state index >= 15 is 0 Å². The third-order valence-corrected chi connectivity index (χ3v) is 4.78. The van der Waals surface area contributed by atoms with Gasteiger partial charge in [0.05, 0.1) is 18.7 Å². The van der Waals surface area contributed by atoms with Gasteiger partial charge in [-0.1, -0.05) is 17.7 Å². The highest BCUT2D eigenvalue weighted by Gasteiger charge is 2.41. The summed E-state index contributed by atoms with van der Waals surface area (Å²) in [6.45, 7) is 1.81. The van der Waals surface area contributed by atoms with E-state index in [4.69, 9.17) is 28.6 Å². The van der Waals surface area contributed by atoms with Gasteiger partial charge in [0.1, 0.15) is 5.82 Å². The standard InChI is InChI=1S/C16H16ClFN2O2S/c1-8-12(15(21)22-2)14(13-10(17)4-3-5-11(13)18)19-16(23)20(8)9-6-7-9/h3-5,9,14H,6-7H2,1-2H3,(H,19,23)/t14-/m0/s1. The van der Waals surface area contributed by atoms with E-state index in [1.54, 1.807) is 13.0 Å². The quantitative estimate of drug-likeness (QED) is 0.666. The number of benzene rings is 1. The Morgan fingerprint density at radius 3 is 2.74 bits per heavy atom. The monoisotopic (exact) mass is 354 g/mol. The van der Waals surface area contributed by atoms with Crippen LogP contribution in [0, 0.1) is 5.82 Å². The summed E-state index contributed by atoms with van der Waals surface area (Å²) < 4.78 is 19.2. The average molecular weight is 355 g/mol. The van der Waals surface area contributed by atoms with Gasteiger partial charge >= 0.3 is 5.97 Å². The number of ether oxygens (including phenoxy) is 1. The summed E-state index contributed by atoms with van der Waals surface area (Å²) in [6, 6.07) is 3.93. The van der Waals surface area contributed by atoms with Crippen molar-refractivity contribution in [1.82, 2.24) is 10.2 Å². The zero-order valence-corrected chi connectivity index (χ0v) is 14.3. The van der Waals surface area contributed by atoms with Crippen molar-refractivity contribution in [2.75, 3.05) is 7.11 Å². The highest BCUT2D eigenvalue weighted by atomic mass is 35.5. The maximum atomic E-state index is 14.3. The molecule has 1 heterocycles. The molecule has 1 aliphatic carbocycles. The van der Waals surface area contributed by atoms with E-state index in [-0.39, 0.29) is 16.6 Å². The molecule has 4 nitrogen and oxygen atoms in total. The molecule has 0 bridgehead atoms. The van der Waals surface area contributed by atoms with Gasteiger partial charge in [-0.2, -0.15) is 0 Å². The first-order valence-electron chi connectivity index (χ1n) is 7.28. The van der Waals surface area contributed by atoms with Crippen molar-refractivity contribution < 1.29 is 13.9 Å². The number of carbonyl (C=O) groups is 1. The number of allylic oxidation sites excluding steroid dienone is 1. The van der Waals surface area contributed by atoms with Crippen molar-refractivity contribution >= 4 is 34.9 Å². The van der Waals surface area contributed by atoms with Gasteiger partial charge in [-0.25, -0.2) is 9.18 Å². The molecule has 0 aromatic heterocycles. The van der Waals surface area contributed by atoms with Crippen molar-refractivity contribution in [3.05, 3.63) is 45.9 Å². The van der Waals surface area contributed by atoms with Crippen molar-refractivity contribution in [3.8, 4) is 0 Å². The van der Waals surface area contributed by atoms with Gasteiger partial charge in [0.25, 0.3) is 0 Å². The fourth-order valence-corrected chi connectivity index (χ4v) is 3.58. The molecule has 1 saturated carbocycles. The van der Waals surface area contributed by atoms with Crippen molar-refractivity contribution in [3.63, 3.8) is 0 Å². The van der Waals surface area contributed by atoms with Crippen LogP contribution in [-0.2, 0) is 9.53 Å². The van der Waals surface area contributed by atoms with Crippen LogP contribution in [0.5, 0.6) is 0 Å². The van der Waals surface area contributed by atoms with Crippen LogP contribution in [0.1, 0.15) is 31.4 Å². The number of esters is 1. The first-order chi connectivity index (χ1) is 11.0. The molecule has 0 saturated heterocycles. The number of hydrogen-bond acceptors (Lipinski definition) is 3. The van der Waals surface area contributed by atoms with Gasteiger partial charge in [-0.05, 0) is 44.1 Å². The normalized spacial score (nSPS) is 21.3. The second-order valence-electron chi connectivity index (χ2n) is 5.61. The SMILES string of the molecule is COC(=O)C1=C(C)N(C2CC2)C(=S)N[C@@H]1c1c(F)cccc1Cl. The average Bonchev–Trinajstić information content (AvgIpc) is 3.31. The lowest BCUT2D eigenvalue weighted by Gasteiger charge is -2.37. The molecule has 1 atom stereocenters. The molecule has 2 aliphatic rings. The maximum Gasteiger partial charge on any atom is 0.337 e. The van der Waals surface area contributed by atoms with E-state index in [0.717, 1.165) is 12.8 Å². The van der Waals surface area contributed by atoms with Crippen LogP contribution in [0.4, 0.5) is 4.39 Å². The highest BCUT2D eigenvalue weighted by molar-refractivity contribution is 7.80. The second-order valence-corrected chi connectivity index (χ2v) is 6.40. The van der Waals surface area contributed by atoms with Crippen LogP contribution >= 0.6 is 23.8 Å². The Hall–Kier alpha value is -1.66. The maximum absolute atomic E-state index is 14.3. The van der Waals surface area contributed by atoms with Gasteiger partial charge in [0, 0.05) is 22.3 Å². The molecule has 0 unspecified atom stereocenters. The minimum absolute atomic E-state index is 0.201. The molecule has 1 fully saturated rings. The van der Waals surface area contributed by atoms with E-state index in [1.165, 1.54) is 19.2 Å². The molecule has 1 N–H and O–H groups in total. The molecule has 122 valence electrons. The molecule has 3 rings (SSSR count). The Labute approximate surface area is 144 Å². The van der Waals surface area contributed by atoms with Crippen molar-refractivity contribution in [1.29, 1.82) is 0 Å². The summed E-state index contributed by atoms with van der Waals surface area (Å²) in [5, 5.41) is 3.77. The van der Waals surface area contributed by atoms with Crippen molar-refractivity contribution in [2.45, 2.75) is 31.8 Å². The molecule has 0 amide bonds. The Kier molecular flexibility index (Phi) is 4.29. The summed E-state index contributed by atoms with van der Waals surface area (Å²) in [6.07, 6.45) is 2.03. The van der Waals surface area contributed by atoms with E-state index in [0.29, 0.717) is 16.4 Å². The van der Waals surface area contributed by atoms with Gasteiger partial charge < -0.3 is 15.0 Å². The molecule has 1 aromatic carbocycles. The van der Waals surface area contributed by atoms with E-state index in [1.807, 2.05) is 4.90 Å². The minimum atomic E-state index is -0.765. The minimum Gasteiger partial charge on any atom is -0.466 e. The van der Waals surface area contributed by atoms with Crippen LogP contribution in [0.15, 0.2) is 29.5 Å². The third kappa shape index (κ3) is 2.81. The molecule has 7 heteroatoms. The summed E-state index contributed by atoms with van der Waals surface area (Å²) in [7, 11) is 1.30. The molecule has 0 spiro atoms. The fourth-order valence-electron chi connectivity index (χ4n) is 2.91. The zero-order chi connectivity index (χ0) is 16.7. The number of halogens is 2. The largest absolute Gasteiger partial charge is 0.466 e. The fraction of sp³-hybridized carbons (Fsp3) is 0.375. The number of rotatable bonds is 3. The van der Waals surface area contributed by atoms with Crippen LogP contribution in [0.25, 0.3) is 0 Å². The lowest BCUT2D eigenvalue weighted by atomic mass is 9.94.